The molecule has 0 spiro atoms. The van der Waals surface area contributed by atoms with Crippen LogP contribution < -0.4 is 4.74 Å². The molecule has 3 rings (SSSR count). The Labute approximate surface area is 183 Å². The van der Waals surface area contributed by atoms with Crippen LogP contribution in [0.2, 0.25) is 0 Å². The van der Waals surface area contributed by atoms with Crippen LogP contribution in [0.4, 0.5) is 0 Å². The van der Waals surface area contributed by atoms with Gasteiger partial charge in [0.2, 0.25) is 0 Å². The van der Waals surface area contributed by atoms with E-state index in [1.54, 1.807) is 36.4 Å². The Balaban J connectivity index is 1.60. The Hall–Kier alpha value is -3.40. The zero-order valence-electron chi connectivity index (χ0n) is 18.3. The first-order chi connectivity index (χ1) is 15.0. The van der Waals surface area contributed by atoms with Gasteiger partial charge in [0.15, 0.2) is 0 Å². The fourth-order valence-corrected chi connectivity index (χ4v) is 2.98. The lowest BCUT2D eigenvalue weighted by Crippen LogP contribution is -2.12. The summed E-state index contributed by atoms with van der Waals surface area (Å²) in [6, 6.07) is 22.1. The maximum atomic E-state index is 12.5. The van der Waals surface area contributed by atoms with Gasteiger partial charge in [-0.15, -0.1) is 0 Å². The Morgan fingerprint density at radius 1 is 0.742 bits per heavy atom. The van der Waals surface area contributed by atoms with Gasteiger partial charge in [0, 0.05) is 0 Å². The number of rotatable bonds is 8. The third-order valence-corrected chi connectivity index (χ3v) is 5.31. The minimum atomic E-state index is -0.444. The molecule has 4 heteroatoms. The number of ether oxygens (including phenoxy) is 2. The van der Waals surface area contributed by atoms with Crippen LogP contribution in [-0.4, -0.2) is 18.5 Å². The van der Waals surface area contributed by atoms with Gasteiger partial charge >= 0.3 is 11.9 Å². The Morgan fingerprint density at radius 2 is 1.26 bits per heavy atom. The molecule has 1 unspecified atom stereocenters. The summed E-state index contributed by atoms with van der Waals surface area (Å²) < 4.78 is 10.7. The highest BCUT2D eigenvalue weighted by Gasteiger charge is 2.12. The molecular weight excluding hydrogens is 388 g/mol. The third-order valence-electron chi connectivity index (χ3n) is 5.31. The van der Waals surface area contributed by atoms with Crippen molar-refractivity contribution in [2.45, 2.75) is 33.6 Å². The van der Waals surface area contributed by atoms with E-state index in [4.69, 9.17) is 9.47 Å². The summed E-state index contributed by atoms with van der Waals surface area (Å²) >= 11 is 0. The molecule has 0 fully saturated rings. The number of benzene rings is 3. The Kier molecular flexibility index (Phi) is 7.60. The quantitative estimate of drug-likeness (QED) is 0.318. The Bertz CT molecular complexity index is 1000. The van der Waals surface area contributed by atoms with Crippen molar-refractivity contribution in [2.75, 3.05) is 6.61 Å². The van der Waals surface area contributed by atoms with Crippen molar-refractivity contribution in [3.63, 3.8) is 0 Å². The van der Waals surface area contributed by atoms with Crippen molar-refractivity contribution >= 4 is 11.9 Å². The summed E-state index contributed by atoms with van der Waals surface area (Å²) in [6.45, 7) is 6.61. The van der Waals surface area contributed by atoms with Crippen molar-refractivity contribution in [3.05, 3.63) is 89.5 Å². The smallest absolute Gasteiger partial charge is 0.343 e. The summed E-state index contributed by atoms with van der Waals surface area (Å²) in [7, 11) is 0. The van der Waals surface area contributed by atoms with E-state index in [-0.39, 0.29) is 5.97 Å². The van der Waals surface area contributed by atoms with Crippen molar-refractivity contribution in [3.8, 4) is 16.9 Å². The summed E-state index contributed by atoms with van der Waals surface area (Å²) in [6.07, 6.45) is 1.96. The van der Waals surface area contributed by atoms with E-state index < -0.39 is 5.97 Å². The van der Waals surface area contributed by atoms with Gasteiger partial charge in [-0.1, -0.05) is 63.6 Å². The lowest BCUT2D eigenvalue weighted by atomic mass is 10.0. The number of carbonyl (C=O) groups is 2. The van der Waals surface area contributed by atoms with Gasteiger partial charge in [0.05, 0.1) is 17.7 Å². The molecule has 0 aliphatic heterocycles. The van der Waals surface area contributed by atoms with Crippen molar-refractivity contribution in [2.24, 2.45) is 5.92 Å². The second-order valence-corrected chi connectivity index (χ2v) is 7.65. The molecule has 31 heavy (non-hydrogen) atoms. The summed E-state index contributed by atoms with van der Waals surface area (Å²) in [5, 5.41) is 0. The van der Waals surface area contributed by atoms with Crippen molar-refractivity contribution in [1.29, 1.82) is 0 Å². The van der Waals surface area contributed by atoms with Gasteiger partial charge in [0.1, 0.15) is 5.75 Å². The zero-order valence-corrected chi connectivity index (χ0v) is 18.3. The van der Waals surface area contributed by atoms with Crippen LogP contribution >= 0.6 is 0 Å². The predicted molar refractivity (Wildman–Crippen MR) is 122 cm³/mol. The van der Waals surface area contributed by atoms with Crippen LogP contribution in [0.5, 0.6) is 5.75 Å². The molecule has 0 heterocycles. The molecular formula is C27H28O4. The molecule has 0 amide bonds. The fourth-order valence-electron chi connectivity index (χ4n) is 2.98. The number of hydrogen-bond acceptors (Lipinski definition) is 4. The SMILES string of the molecule is CCc1ccc(-c2ccc(C(=O)Oc3ccc(C(=O)OCC(C)CC)cc3)cc2)cc1. The van der Waals surface area contributed by atoms with Gasteiger partial charge < -0.3 is 9.47 Å². The largest absolute Gasteiger partial charge is 0.462 e. The van der Waals surface area contributed by atoms with Crippen molar-refractivity contribution in [1.82, 2.24) is 0 Å². The molecule has 0 aromatic heterocycles. The Morgan fingerprint density at radius 3 is 1.81 bits per heavy atom. The summed E-state index contributed by atoms with van der Waals surface area (Å²) in [5.41, 5.74) is 4.33. The molecule has 160 valence electrons. The first-order valence-corrected chi connectivity index (χ1v) is 10.7. The fraction of sp³-hybridized carbons (Fsp3) is 0.259. The molecule has 3 aromatic carbocycles. The molecule has 0 saturated carbocycles. The predicted octanol–water partition coefficient (Wildman–Crippen LogP) is 6.34. The van der Waals surface area contributed by atoms with E-state index in [2.05, 4.69) is 38.1 Å². The van der Waals surface area contributed by atoms with E-state index in [1.165, 1.54) is 5.56 Å². The normalized spacial score (nSPS) is 11.6. The average molecular weight is 417 g/mol. The summed E-state index contributed by atoms with van der Waals surface area (Å²) in [5.74, 6) is -0.116. The third kappa shape index (κ3) is 6.05. The van der Waals surface area contributed by atoms with E-state index >= 15 is 0 Å². The maximum Gasteiger partial charge on any atom is 0.343 e. The first-order valence-electron chi connectivity index (χ1n) is 10.7. The van der Waals surface area contributed by atoms with Crippen LogP contribution in [0.25, 0.3) is 11.1 Å². The lowest BCUT2D eigenvalue weighted by Gasteiger charge is -2.10. The average Bonchev–Trinajstić information content (AvgIpc) is 2.82. The maximum absolute atomic E-state index is 12.5. The van der Waals surface area contributed by atoms with E-state index in [0.717, 1.165) is 24.0 Å². The molecule has 0 bridgehead atoms. The van der Waals surface area contributed by atoms with Crippen LogP contribution in [0, 0.1) is 5.92 Å². The molecule has 0 saturated heterocycles. The highest BCUT2D eigenvalue weighted by molar-refractivity contribution is 5.92. The minimum Gasteiger partial charge on any atom is -0.462 e. The topological polar surface area (TPSA) is 52.6 Å². The lowest BCUT2D eigenvalue weighted by molar-refractivity contribution is 0.0447. The number of carbonyl (C=O) groups excluding carboxylic acids is 2. The zero-order chi connectivity index (χ0) is 22.2. The van der Waals surface area contributed by atoms with E-state index in [0.29, 0.717) is 29.4 Å². The van der Waals surface area contributed by atoms with Gasteiger partial charge in [-0.05, 0) is 65.4 Å². The van der Waals surface area contributed by atoms with E-state index in [1.807, 2.05) is 19.1 Å². The van der Waals surface area contributed by atoms with Gasteiger partial charge in [-0.3, -0.25) is 0 Å². The van der Waals surface area contributed by atoms with Crippen LogP contribution in [0.1, 0.15) is 53.5 Å². The number of aryl methyl sites for hydroxylation is 1. The van der Waals surface area contributed by atoms with Gasteiger partial charge in [-0.2, -0.15) is 0 Å². The second kappa shape index (κ2) is 10.6. The molecule has 3 aromatic rings. The number of hydrogen-bond donors (Lipinski definition) is 0. The van der Waals surface area contributed by atoms with Crippen LogP contribution in [0.15, 0.2) is 72.8 Å². The molecule has 0 aliphatic rings. The second-order valence-electron chi connectivity index (χ2n) is 7.65. The highest BCUT2D eigenvalue weighted by Crippen LogP contribution is 2.22. The molecule has 0 aliphatic carbocycles. The highest BCUT2D eigenvalue weighted by atomic mass is 16.5. The summed E-state index contributed by atoms with van der Waals surface area (Å²) in [4.78, 5) is 24.5. The van der Waals surface area contributed by atoms with Crippen LogP contribution in [0.3, 0.4) is 0 Å². The monoisotopic (exact) mass is 416 g/mol. The van der Waals surface area contributed by atoms with E-state index in [9.17, 15) is 9.59 Å². The van der Waals surface area contributed by atoms with Gasteiger partial charge in [-0.25, -0.2) is 9.59 Å². The first kappa shape index (κ1) is 22.3. The standard InChI is InChI=1S/C27H28O4/c1-4-19(3)18-30-26(28)23-14-16-25(17-15-23)31-27(29)24-12-10-22(11-13-24)21-8-6-20(5-2)7-9-21/h6-17,19H,4-5,18H2,1-3H3. The van der Waals surface area contributed by atoms with Crippen molar-refractivity contribution < 1.29 is 19.1 Å². The molecule has 4 nitrogen and oxygen atoms in total. The minimum absolute atomic E-state index is 0.325. The van der Waals surface area contributed by atoms with Crippen LogP contribution in [-0.2, 0) is 11.2 Å². The molecule has 1 atom stereocenters. The number of esters is 2. The molecule has 0 radical (unpaired) electrons. The molecule has 0 N–H and O–H groups in total. The van der Waals surface area contributed by atoms with Gasteiger partial charge in [0.25, 0.3) is 0 Å².